The second-order valence-corrected chi connectivity index (χ2v) is 5.53. The van der Waals surface area contributed by atoms with Crippen molar-refractivity contribution in [1.82, 2.24) is 0 Å². The van der Waals surface area contributed by atoms with Gasteiger partial charge in [0.25, 0.3) is 0 Å². The fourth-order valence-corrected chi connectivity index (χ4v) is 1.54. The van der Waals surface area contributed by atoms with Crippen molar-refractivity contribution in [1.29, 1.82) is 0 Å². The molecule has 2 rings (SSSR count). The fourth-order valence-electron chi connectivity index (χ4n) is 1.16. The summed E-state index contributed by atoms with van der Waals surface area (Å²) in [7, 11) is -4.67. The Kier molecular flexibility index (Phi) is 10.3. The van der Waals surface area contributed by atoms with Crippen LogP contribution in [0.3, 0.4) is 0 Å². The summed E-state index contributed by atoms with van der Waals surface area (Å²) in [6, 6.07) is 14.4. The molecule has 0 aliphatic heterocycles. The molecule has 0 radical (unpaired) electrons. The third-order valence-corrected chi connectivity index (χ3v) is 2.45. The van der Waals surface area contributed by atoms with Crippen LogP contribution in [0.5, 0.6) is 0 Å². The van der Waals surface area contributed by atoms with Crippen LogP contribution in [0.15, 0.2) is 48.5 Å². The van der Waals surface area contributed by atoms with Crippen molar-refractivity contribution in [3.05, 3.63) is 58.6 Å². The molecule has 23 heavy (non-hydrogen) atoms. The lowest BCUT2D eigenvalue weighted by atomic mass is 10.3. The Hall–Kier alpha value is -1.59. The smallest absolute Gasteiger partial charge is 0.324 e. The Morgan fingerprint density at radius 1 is 0.826 bits per heavy atom. The molecule has 0 saturated carbocycles. The van der Waals surface area contributed by atoms with Crippen LogP contribution in [0, 0.1) is 0 Å². The summed E-state index contributed by atoms with van der Waals surface area (Å²) in [4.78, 5) is 0. The first-order valence-electron chi connectivity index (χ1n) is 5.80. The van der Waals surface area contributed by atoms with Gasteiger partial charge in [-0.3, -0.25) is 20.8 Å². The Morgan fingerprint density at radius 3 is 1.30 bits per heavy atom. The molecule has 0 aliphatic carbocycles. The van der Waals surface area contributed by atoms with Gasteiger partial charge in [-0.2, -0.15) is 8.42 Å². The van der Waals surface area contributed by atoms with E-state index < -0.39 is 10.4 Å². The highest BCUT2D eigenvalue weighted by Crippen LogP contribution is 2.13. The van der Waals surface area contributed by atoms with Gasteiger partial charge >= 0.3 is 10.4 Å². The number of hydrazine groups is 2. The molecule has 0 amide bonds. The first kappa shape index (κ1) is 21.4. The summed E-state index contributed by atoms with van der Waals surface area (Å²) < 4.78 is 31.6. The Balaban J connectivity index is 0.000000332. The minimum atomic E-state index is -4.67. The molecule has 0 unspecified atom stereocenters. The average molecular weight is 383 g/mol. The van der Waals surface area contributed by atoms with Crippen LogP contribution in [-0.2, 0) is 10.4 Å². The zero-order valence-electron chi connectivity index (χ0n) is 11.6. The van der Waals surface area contributed by atoms with Gasteiger partial charge in [-0.05, 0) is 36.4 Å². The van der Waals surface area contributed by atoms with E-state index in [0.717, 1.165) is 11.4 Å². The largest absolute Gasteiger partial charge is 0.394 e. The standard InChI is InChI=1S/2C6H7ClN2.H2O4S/c2*7-5-2-1-3-6(4-5)9-8;1-5(2,3)4/h2*1-4,9H,8H2;(H2,1,2,3,4). The van der Waals surface area contributed by atoms with E-state index in [1.54, 1.807) is 24.3 Å². The van der Waals surface area contributed by atoms with Gasteiger partial charge in [0.2, 0.25) is 0 Å². The normalized spacial score (nSPS) is 9.65. The van der Waals surface area contributed by atoms with Gasteiger partial charge in [0.15, 0.2) is 0 Å². The first-order valence-corrected chi connectivity index (χ1v) is 7.95. The fraction of sp³-hybridized carbons (Fsp3) is 0. The van der Waals surface area contributed by atoms with Crippen LogP contribution in [0.1, 0.15) is 0 Å². The lowest BCUT2D eigenvalue weighted by molar-refractivity contribution is 0.381. The third kappa shape index (κ3) is 13.8. The van der Waals surface area contributed by atoms with Gasteiger partial charge in [-0.1, -0.05) is 35.3 Å². The predicted octanol–water partition coefficient (Wildman–Crippen LogP) is 2.60. The van der Waals surface area contributed by atoms with Crippen LogP contribution in [0.4, 0.5) is 11.4 Å². The number of rotatable bonds is 2. The molecule has 0 atom stereocenters. The summed E-state index contributed by atoms with van der Waals surface area (Å²) in [6.07, 6.45) is 0. The number of hydrogen-bond donors (Lipinski definition) is 6. The van der Waals surface area contributed by atoms with Gasteiger partial charge < -0.3 is 10.9 Å². The molecule has 0 heterocycles. The summed E-state index contributed by atoms with van der Waals surface area (Å²) >= 11 is 11.3. The Morgan fingerprint density at radius 2 is 1.13 bits per heavy atom. The van der Waals surface area contributed by atoms with Crippen molar-refractivity contribution in [2.45, 2.75) is 0 Å². The van der Waals surface area contributed by atoms with Gasteiger partial charge in [-0.15, -0.1) is 0 Å². The van der Waals surface area contributed by atoms with Gasteiger partial charge in [0.05, 0.1) is 0 Å². The van der Waals surface area contributed by atoms with Crippen LogP contribution >= 0.6 is 23.2 Å². The lowest BCUT2D eigenvalue weighted by Gasteiger charge is -1.96. The van der Waals surface area contributed by atoms with Crippen molar-refractivity contribution >= 4 is 45.0 Å². The minimum Gasteiger partial charge on any atom is -0.324 e. The van der Waals surface area contributed by atoms with Gasteiger partial charge in [0.1, 0.15) is 0 Å². The number of halogens is 2. The van der Waals surface area contributed by atoms with Crippen molar-refractivity contribution in [2.75, 3.05) is 10.9 Å². The Bertz CT molecular complexity index is 647. The van der Waals surface area contributed by atoms with Crippen molar-refractivity contribution in [2.24, 2.45) is 11.7 Å². The summed E-state index contributed by atoms with van der Waals surface area (Å²) in [5, 5.41) is 1.37. The first-order chi connectivity index (χ1) is 10.7. The second kappa shape index (κ2) is 11.0. The SMILES string of the molecule is NNc1cccc(Cl)c1.NNc1cccc(Cl)c1.O=S(=O)(O)O. The maximum Gasteiger partial charge on any atom is 0.394 e. The molecule has 8 N–H and O–H groups in total. The number of nitrogens with one attached hydrogen (secondary N) is 2. The van der Waals surface area contributed by atoms with E-state index in [9.17, 15) is 0 Å². The number of nitrogens with two attached hydrogens (primary N) is 2. The number of hydrogen-bond acceptors (Lipinski definition) is 6. The number of nitrogen functional groups attached to an aromatic ring is 2. The van der Waals surface area contributed by atoms with Crippen LogP contribution in [0.25, 0.3) is 0 Å². The molecule has 2 aromatic rings. The van der Waals surface area contributed by atoms with E-state index in [1.165, 1.54) is 0 Å². The van der Waals surface area contributed by atoms with E-state index >= 15 is 0 Å². The molecule has 0 aromatic heterocycles. The van der Waals surface area contributed by atoms with Gasteiger partial charge in [-0.25, -0.2) is 0 Å². The third-order valence-electron chi connectivity index (χ3n) is 1.98. The molecular weight excluding hydrogens is 367 g/mol. The van der Waals surface area contributed by atoms with Crippen LogP contribution in [-0.4, -0.2) is 17.5 Å². The highest BCUT2D eigenvalue weighted by molar-refractivity contribution is 7.79. The van der Waals surface area contributed by atoms with E-state index in [-0.39, 0.29) is 0 Å². The highest BCUT2D eigenvalue weighted by atomic mass is 35.5. The monoisotopic (exact) mass is 382 g/mol. The zero-order chi connectivity index (χ0) is 17.9. The predicted molar refractivity (Wildman–Crippen MR) is 92.7 cm³/mol. The summed E-state index contributed by atoms with van der Waals surface area (Å²) in [5.41, 5.74) is 6.61. The number of benzene rings is 2. The quantitative estimate of drug-likeness (QED) is 0.263. The van der Waals surface area contributed by atoms with E-state index in [1.807, 2.05) is 24.3 Å². The van der Waals surface area contributed by atoms with Crippen molar-refractivity contribution in [3.63, 3.8) is 0 Å². The van der Waals surface area contributed by atoms with Crippen molar-refractivity contribution in [3.8, 4) is 0 Å². The zero-order valence-corrected chi connectivity index (χ0v) is 14.0. The maximum atomic E-state index is 8.74. The molecule has 0 saturated heterocycles. The van der Waals surface area contributed by atoms with Crippen LogP contribution < -0.4 is 22.5 Å². The molecule has 0 bridgehead atoms. The van der Waals surface area contributed by atoms with E-state index in [4.69, 9.17) is 52.4 Å². The molecule has 0 aliphatic rings. The van der Waals surface area contributed by atoms with Crippen molar-refractivity contribution < 1.29 is 17.5 Å². The molecular formula is C12H16Cl2N4O4S. The summed E-state index contributed by atoms with van der Waals surface area (Å²) in [6.45, 7) is 0. The highest BCUT2D eigenvalue weighted by Gasteiger charge is 1.88. The maximum absolute atomic E-state index is 8.74. The van der Waals surface area contributed by atoms with Gasteiger partial charge in [0, 0.05) is 21.4 Å². The molecule has 11 heteroatoms. The van der Waals surface area contributed by atoms with Crippen LogP contribution in [0.2, 0.25) is 10.0 Å². The number of anilines is 2. The molecule has 8 nitrogen and oxygen atoms in total. The summed E-state index contributed by atoms with van der Waals surface area (Å²) in [5.74, 6) is 10.2. The average Bonchev–Trinajstić information content (AvgIpc) is 2.46. The van der Waals surface area contributed by atoms with E-state index in [0.29, 0.717) is 10.0 Å². The topological polar surface area (TPSA) is 151 Å². The van der Waals surface area contributed by atoms with E-state index in [2.05, 4.69) is 10.9 Å². The Labute approximate surface area is 143 Å². The molecule has 128 valence electrons. The molecule has 2 aromatic carbocycles. The second-order valence-electron chi connectivity index (χ2n) is 3.76. The molecule has 0 spiro atoms. The lowest BCUT2D eigenvalue weighted by Crippen LogP contribution is -2.05. The molecule has 0 fully saturated rings. The minimum absolute atomic E-state index is 0.686.